The first-order valence-corrected chi connectivity index (χ1v) is 25.2. The molecule has 0 aliphatic carbocycles. The first kappa shape index (κ1) is 48.0. The second-order valence-corrected chi connectivity index (χ2v) is 23.4. The summed E-state index contributed by atoms with van der Waals surface area (Å²) in [6.07, 6.45) is 10.1. The number of hydrogen-bond acceptors (Lipinski definition) is 4. The Morgan fingerprint density at radius 1 is 0.472 bits per heavy atom. The molecule has 0 atom stereocenters. The van der Waals surface area contributed by atoms with Crippen LogP contribution in [0.1, 0.15) is 117 Å². The van der Waals surface area contributed by atoms with Crippen LogP contribution in [0.25, 0.3) is 89.4 Å². The molecular weight excluding hydrogens is 877 g/mol. The predicted octanol–water partition coefficient (Wildman–Crippen LogP) is 17.3. The van der Waals surface area contributed by atoms with Crippen molar-refractivity contribution in [3.8, 4) is 28.5 Å². The second kappa shape index (κ2) is 17.9. The number of allylic oxidation sites excluding steroid dienone is 4. The molecule has 0 aliphatic heterocycles. The minimum Gasteiger partial charge on any atom is -0.309 e. The fourth-order valence-corrected chi connectivity index (χ4v) is 9.93. The molecule has 10 rings (SSSR count). The number of aromatic nitrogens is 6. The highest BCUT2D eigenvalue weighted by molar-refractivity contribution is 6.17. The molecule has 0 N–H and O–H groups in total. The molecule has 0 bridgehead atoms. The molecule has 0 fully saturated rings. The average Bonchev–Trinajstić information content (AvgIpc) is 3.86. The van der Waals surface area contributed by atoms with Crippen LogP contribution in [0.2, 0.25) is 0 Å². The Bertz CT molecular complexity index is 3580. The molecular formula is C66H66N6. The first-order valence-electron chi connectivity index (χ1n) is 25.2. The minimum absolute atomic E-state index is 0.0439. The number of benzene rings is 6. The van der Waals surface area contributed by atoms with Crippen LogP contribution >= 0.6 is 0 Å². The predicted molar refractivity (Wildman–Crippen MR) is 306 cm³/mol. The summed E-state index contributed by atoms with van der Waals surface area (Å²) in [5, 5.41) is 4.80. The maximum absolute atomic E-state index is 5.29. The zero-order chi connectivity index (χ0) is 50.9. The topological polar surface area (TPSA) is 61.4 Å². The van der Waals surface area contributed by atoms with Gasteiger partial charge in [0.15, 0.2) is 17.5 Å². The highest BCUT2D eigenvalue weighted by atomic mass is 15.0. The lowest BCUT2D eigenvalue weighted by atomic mass is 9.85. The van der Waals surface area contributed by atoms with Gasteiger partial charge in [-0.15, -0.1) is 0 Å². The SMILES string of the molecule is C=C/C=C(\C(=C/c1nc(-c2ccccc2)nc(-c2ccccc2)n1)c1cnccc1-n1c2ccc(C(C)(C)C)cc2c2cc(C(C)(C)C)ccc21)n1c2ccc(C(C)(C)C)cc2c2cc(C(C)(C)C)ccc21. The van der Waals surface area contributed by atoms with E-state index in [1.54, 1.807) is 0 Å². The molecule has 6 aromatic carbocycles. The average molecular weight is 943 g/mol. The van der Waals surface area contributed by atoms with Crippen LogP contribution in [0.4, 0.5) is 0 Å². The van der Waals surface area contributed by atoms with Crippen LogP contribution in [-0.4, -0.2) is 29.1 Å². The van der Waals surface area contributed by atoms with Gasteiger partial charge in [0.1, 0.15) is 0 Å². The molecule has 0 saturated heterocycles. The van der Waals surface area contributed by atoms with E-state index in [-0.39, 0.29) is 21.7 Å². The van der Waals surface area contributed by atoms with Crippen molar-refractivity contribution < 1.29 is 0 Å². The Hall–Kier alpha value is -7.70. The van der Waals surface area contributed by atoms with Gasteiger partial charge in [0, 0.05) is 56.2 Å². The lowest BCUT2D eigenvalue weighted by Gasteiger charge is -2.22. The van der Waals surface area contributed by atoms with Crippen LogP contribution in [0.3, 0.4) is 0 Å². The summed E-state index contributed by atoms with van der Waals surface area (Å²) < 4.78 is 4.83. The Balaban J connectivity index is 1.34. The second-order valence-electron chi connectivity index (χ2n) is 23.4. The first-order chi connectivity index (χ1) is 34.2. The van der Waals surface area contributed by atoms with Gasteiger partial charge in [-0.2, -0.15) is 0 Å². The zero-order valence-electron chi connectivity index (χ0n) is 44.1. The standard InChI is InChI=1S/C66H66N6/c1-14-21-54(71-55-30-26-44(63(2,3)4)36-48(55)49-37-45(64(5,6)7)27-31-56(49)71)52(40-60-68-61(42-22-17-15-18-23-42)70-62(69-60)43-24-19-16-20-25-43)53-41-67-35-34-59(53)72-57-32-28-46(65(8,9)10)38-50(57)51-39-47(66(11,12)13)29-33-58(51)72/h14-41H,1H2,2-13H3/b52-40-,54-21+. The van der Waals surface area contributed by atoms with Crippen LogP contribution in [0.5, 0.6) is 0 Å². The van der Waals surface area contributed by atoms with E-state index in [0.717, 1.165) is 55.7 Å². The van der Waals surface area contributed by atoms with Gasteiger partial charge < -0.3 is 9.13 Å². The van der Waals surface area contributed by atoms with Gasteiger partial charge in [0.05, 0.1) is 33.5 Å². The van der Waals surface area contributed by atoms with Crippen molar-refractivity contribution in [3.05, 3.63) is 204 Å². The van der Waals surface area contributed by atoms with Gasteiger partial charge >= 0.3 is 0 Å². The van der Waals surface area contributed by atoms with Crippen molar-refractivity contribution in [3.63, 3.8) is 0 Å². The smallest absolute Gasteiger partial charge is 0.164 e. The molecule has 0 aliphatic rings. The summed E-state index contributed by atoms with van der Waals surface area (Å²) in [5.74, 6) is 1.69. The fourth-order valence-electron chi connectivity index (χ4n) is 9.93. The van der Waals surface area contributed by atoms with Crippen molar-refractivity contribution in [2.45, 2.75) is 105 Å². The highest BCUT2D eigenvalue weighted by Gasteiger charge is 2.27. The van der Waals surface area contributed by atoms with Crippen LogP contribution < -0.4 is 0 Å². The molecule has 6 nitrogen and oxygen atoms in total. The van der Waals surface area contributed by atoms with Crippen LogP contribution in [0, 0.1) is 0 Å². The van der Waals surface area contributed by atoms with Gasteiger partial charge in [0.25, 0.3) is 0 Å². The van der Waals surface area contributed by atoms with Gasteiger partial charge in [-0.05, 0) is 111 Å². The van der Waals surface area contributed by atoms with Crippen molar-refractivity contribution >= 4 is 61.0 Å². The molecule has 0 saturated carbocycles. The van der Waals surface area contributed by atoms with E-state index in [2.05, 4.69) is 214 Å². The van der Waals surface area contributed by atoms with Gasteiger partial charge in [-0.3, -0.25) is 4.98 Å². The highest BCUT2D eigenvalue weighted by Crippen LogP contribution is 2.44. The van der Waals surface area contributed by atoms with Crippen molar-refractivity contribution in [1.29, 1.82) is 0 Å². The van der Waals surface area contributed by atoms with E-state index in [1.165, 1.54) is 43.8 Å². The van der Waals surface area contributed by atoms with Crippen LogP contribution in [-0.2, 0) is 21.7 Å². The summed E-state index contributed by atoms with van der Waals surface area (Å²) in [7, 11) is 0. The summed E-state index contributed by atoms with van der Waals surface area (Å²) >= 11 is 0. The third kappa shape index (κ3) is 8.89. The fraction of sp³-hybridized carbons (Fsp3) is 0.242. The van der Waals surface area contributed by atoms with E-state index in [0.29, 0.717) is 17.5 Å². The largest absolute Gasteiger partial charge is 0.309 e. The molecule has 6 heteroatoms. The Labute approximate surface area is 425 Å². The third-order valence-electron chi connectivity index (χ3n) is 14.1. The van der Waals surface area contributed by atoms with E-state index in [4.69, 9.17) is 19.9 Å². The lowest BCUT2D eigenvalue weighted by molar-refractivity contribution is 0.590. The Morgan fingerprint density at radius 2 is 0.875 bits per heavy atom. The molecule has 4 heterocycles. The maximum atomic E-state index is 5.29. The molecule has 0 unspecified atom stereocenters. The summed E-state index contributed by atoms with van der Waals surface area (Å²) in [6, 6.07) is 50.4. The molecule has 0 amide bonds. The summed E-state index contributed by atoms with van der Waals surface area (Å²) in [4.78, 5) is 20.6. The van der Waals surface area contributed by atoms with Crippen molar-refractivity contribution in [1.82, 2.24) is 29.1 Å². The van der Waals surface area contributed by atoms with Gasteiger partial charge in [0.2, 0.25) is 0 Å². The Morgan fingerprint density at radius 3 is 1.28 bits per heavy atom. The number of hydrogen-bond donors (Lipinski definition) is 0. The zero-order valence-corrected chi connectivity index (χ0v) is 44.1. The number of nitrogens with zero attached hydrogens (tertiary/aromatic N) is 6. The number of pyridine rings is 1. The minimum atomic E-state index is -0.0606. The van der Waals surface area contributed by atoms with E-state index < -0.39 is 0 Å². The van der Waals surface area contributed by atoms with E-state index in [1.807, 2.05) is 54.9 Å². The lowest BCUT2D eigenvalue weighted by Crippen LogP contribution is -2.11. The molecule has 0 radical (unpaired) electrons. The van der Waals surface area contributed by atoms with Crippen LogP contribution in [0.15, 0.2) is 171 Å². The van der Waals surface area contributed by atoms with Crippen molar-refractivity contribution in [2.75, 3.05) is 0 Å². The molecule has 72 heavy (non-hydrogen) atoms. The quantitative estimate of drug-likeness (QED) is 0.142. The van der Waals surface area contributed by atoms with E-state index in [9.17, 15) is 0 Å². The summed E-state index contributed by atoms with van der Waals surface area (Å²) in [5.41, 5.74) is 14.8. The van der Waals surface area contributed by atoms with Crippen molar-refractivity contribution in [2.24, 2.45) is 0 Å². The summed E-state index contributed by atoms with van der Waals surface area (Å²) in [6.45, 7) is 31.8. The maximum Gasteiger partial charge on any atom is 0.164 e. The Kier molecular flexibility index (Phi) is 11.9. The molecule has 360 valence electrons. The van der Waals surface area contributed by atoms with Gasteiger partial charge in [-0.25, -0.2) is 15.0 Å². The number of rotatable bonds is 8. The molecule has 0 spiro atoms. The molecule has 4 aromatic heterocycles. The van der Waals surface area contributed by atoms with E-state index >= 15 is 0 Å². The normalized spacial score (nSPS) is 13.2. The monoisotopic (exact) mass is 943 g/mol. The third-order valence-corrected chi connectivity index (χ3v) is 14.1. The molecule has 10 aromatic rings. The number of fused-ring (bicyclic) bond motifs is 6. The van der Waals surface area contributed by atoms with Gasteiger partial charge in [-0.1, -0.05) is 181 Å².